The summed E-state index contributed by atoms with van der Waals surface area (Å²) in [6, 6.07) is 9.37. The smallest absolute Gasteiger partial charge is 0.243 e. The van der Waals surface area contributed by atoms with Gasteiger partial charge in [0.1, 0.15) is 5.75 Å². The van der Waals surface area contributed by atoms with Crippen LogP contribution in [0.1, 0.15) is 31.2 Å². The second kappa shape index (κ2) is 11.2. The minimum absolute atomic E-state index is 0.0118. The Kier molecular flexibility index (Phi) is 8.68. The third-order valence-electron chi connectivity index (χ3n) is 5.82. The molecule has 1 N–H and O–H groups in total. The second-order valence-electron chi connectivity index (χ2n) is 8.34. The quantitative estimate of drug-likeness (QED) is 0.489. The van der Waals surface area contributed by atoms with Crippen molar-refractivity contribution in [1.82, 2.24) is 4.31 Å². The fourth-order valence-electron chi connectivity index (χ4n) is 3.95. The number of sulfonamides is 2. The maximum atomic E-state index is 12.9. The molecule has 0 aromatic heterocycles. The van der Waals surface area contributed by atoms with Crippen molar-refractivity contribution in [2.75, 3.05) is 42.6 Å². The number of amides is 1. The topological polar surface area (TPSA) is 113 Å². The minimum atomic E-state index is -3.66. The first-order chi connectivity index (χ1) is 16.4. The zero-order valence-corrected chi connectivity index (χ0v) is 22.3. The Morgan fingerprint density at radius 1 is 1.14 bits per heavy atom. The van der Waals surface area contributed by atoms with E-state index in [1.165, 1.54) is 33.9 Å². The van der Waals surface area contributed by atoms with Gasteiger partial charge in [-0.1, -0.05) is 17.7 Å². The summed E-state index contributed by atoms with van der Waals surface area (Å²) in [5.74, 6) is -0.0682. The van der Waals surface area contributed by atoms with Gasteiger partial charge in [-0.3, -0.25) is 9.10 Å². The van der Waals surface area contributed by atoms with Crippen molar-refractivity contribution in [2.45, 2.75) is 37.5 Å². The molecule has 0 radical (unpaired) electrons. The first-order valence-corrected chi connectivity index (χ1v) is 14.8. The molecule has 1 amide bonds. The number of ether oxygens (including phenoxy) is 1. The summed E-state index contributed by atoms with van der Waals surface area (Å²) >= 11 is 6.15. The molecular formula is C23H30ClN3O6S2. The molecule has 12 heteroatoms. The van der Waals surface area contributed by atoms with Gasteiger partial charge in [0.15, 0.2) is 0 Å². The van der Waals surface area contributed by atoms with E-state index in [1.807, 2.05) is 0 Å². The highest BCUT2D eigenvalue weighted by Crippen LogP contribution is 2.31. The highest BCUT2D eigenvalue weighted by atomic mass is 35.5. The van der Waals surface area contributed by atoms with Crippen LogP contribution in [0.4, 0.5) is 11.4 Å². The van der Waals surface area contributed by atoms with Crippen LogP contribution in [-0.2, 0) is 24.8 Å². The van der Waals surface area contributed by atoms with E-state index in [9.17, 15) is 21.6 Å². The zero-order valence-electron chi connectivity index (χ0n) is 20.0. The van der Waals surface area contributed by atoms with Crippen LogP contribution in [0.25, 0.3) is 0 Å². The molecular weight excluding hydrogens is 514 g/mol. The number of methoxy groups -OCH3 is 1. The van der Waals surface area contributed by atoms with Crippen LogP contribution in [-0.4, -0.2) is 60.0 Å². The van der Waals surface area contributed by atoms with Crippen LogP contribution in [0.2, 0.25) is 5.02 Å². The Morgan fingerprint density at radius 3 is 2.46 bits per heavy atom. The molecule has 0 saturated carbocycles. The summed E-state index contributed by atoms with van der Waals surface area (Å²) in [6.07, 6.45) is 2.98. The number of halogens is 1. The summed E-state index contributed by atoms with van der Waals surface area (Å²) in [5, 5.41) is 3.15. The van der Waals surface area contributed by atoms with Crippen molar-refractivity contribution in [3.8, 4) is 5.75 Å². The van der Waals surface area contributed by atoms with Gasteiger partial charge in [-0.15, -0.1) is 0 Å². The first-order valence-electron chi connectivity index (χ1n) is 11.2. The Balaban J connectivity index is 1.71. The van der Waals surface area contributed by atoms with Crippen molar-refractivity contribution >= 4 is 48.9 Å². The molecule has 1 aliphatic rings. The molecule has 0 unspecified atom stereocenters. The molecule has 0 spiro atoms. The summed E-state index contributed by atoms with van der Waals surface area (Å²) < 4.78 is 58.5. The normalized spacial score (nSPS) is 14.6. The lowest BCUT2D eigenvalue weighted by molar-refractivity contribution is -0.116. The Labute approximate surface area is 212 Å². The fourth-order valence-corrected chi connectivity index (χ4v) is 6.68. The van der Waals surface area contributed by atoms with E-state index in [0.29, 0.717) is 35.1 Å². The molecule has 192 valence electrons. The highest BCUT2D eigenvalue weighted by molar-refractivity contribution is 7.92. The van der Waals surface area contributed by atoms with E-state index in [2.05, 4.69) is 5.32 Å². The molecule has 9 nitrogen and oxygen atoms in total. The van der Waals surface area contributed by atoms with Crippen molar-refractivity contribution in [3.05, 3.63) is 47.0 Å². The van der Waals surface area contributed by atoms with Gasteiger partial charge in [-0.05, 0) is 62.1 Å². The number of carbonyl (C=O) groups excluding carboxylic acids is 1. The number of carbonyl (C=O) groups is 1. The predicted octanol–water partition coefficient (Wildman–Crippen LogP) is 3.63. The van der Waals surface area contributed by atoms with E-state index in [4.69, 9.17) is 16.3 Å². The predicted molar refractivity (Wildman–Crippen MR) is 137 cm³/mol. The highest BCUT2D eigenvalue weighted by Gasteiger charge is 2.28. The molecule has 1 saturated heterocycles. The third kappa shape index (κ3) is 6.46. The average Bonchev–Trinajstić information content (AvgIpc) is 3.34. The third-order valence-corrected chi connectivity index (χ3v) is 9.31. The Bertz CT molecular complexity index is 1290. The van der Waals surface area contributed by atoms with Crippen LogP contribution < -0.4 is 14.4 Å². The second-order valence-corrected chi connectivity index (χ2v) is 12.6. The van der Waals surface area contributed by atoms with E-state index in [1.54, 1.807) is 25.1 Å². The molecule has 0 atom stereocenters. The standard InChI is InChI=1S/C23H30ClN3O6S2/c1-17-19(24)8-6-9-21(17)27(34(3,29)30)15-7-10-23(28)25-20-16-18(11-12-22(20)33-2)35(31,32)26-13-4-5-14-26/h6,8-9,11-12,16H,4-5,7,10,13-15H2,1-3H3,(H,25,28). The van der Waals surface area contributed by atoms with Gasteiger partial charge in [0, 0.05) is 31.1 Å². The molecule has 1 heterocycles. The maximum Gasteiger partial charge on any atom is 0.243 e. The van der Waals surface area contributed by atoms with Crippen molar-refractivity contribution in [1.29, 1.82) is 0 Å². The van der Waals surface area contributed by atoms with Crippen LogP contribution in [0.3, 0.4) is 0 Å². The monoisotopic (exact) mass is 543 g/mol. The lowest BCUT2D eigenvalue weighted by Gasteiger charge is -2.24. The maximum absolute atomic E-state index is 12.9. The summed E-state index contributed by atoms with van der Waals surface area (Å²) in [4.78, 5) is 12.7. The van der Waals surface area contributed by atoms with Gasteiger partial charge in [0.25, 0.3) is 0 Å². The SMILES string of the molecule is COc1ccc(S(=O)(=O)N2CCCC2)cc1NC(=O)CCCN(c1cccc(Cl)c1C)S(C)(=O)=O. The number of nitrogens with one attached hydrogen (secondary N) is 1. The van der Waals surface area contributed by atoms with Gasteiger partial charge >= 0.3 is 0 Å². The van der Waals surface area contributed by atoms with E-state index >= 15 is 0 Å². The zero-order chi connectivity index (χ0) is 25.8. The number of rotatable bonds is 10. The first kappa shape index (κ1) is 27.3. The van der Waals surface area contributed by atoms with Gasteiger partial charge in [0.05, 0.1) is 29.6 Å². The number of benzene rings is 2. The van der Waals surface area contributed by atoms with E-state index < -0.39 is 26.0 Å². The molecule has 2 aromatic carbocycles. The number of anilines is 2. The molecule has 0 aliphatic carbocycles. The van der Waals surface area contributed by atoms with E-state index in [-0.39, 0.29) is 30.0 Å². The average molecular weight is 544 g/mol. The van der Waals surface area contributed by atoms with Crippen molar-refractivity contribution in [2.24, 2.45) is 0 Å². The number of hydrogen-bond acceptors (Lipinski definition) is 6. The molecule has 35 heavy (non-hydrogen) atoms. The molecule has 1 aliphatic heterocycles. The molecule has 2 aromatic rings. The van der Waals surface area contributed by atoms with Crippen molar-refractivity contribution < 1.29 is 26.4 Å². The van der Waals surface area contributed by atoms with Gasteiger partial charge < -0.3 is 10.1 Å². The van der Waals surface area contributed by atoms with Crippen LogP contribution >= 0.6 is 11.6 Å². The Hall–Kier alpha value is -2.34. The van der Waals surface area contributed by atoms with Crippen LogP contribution in [0, 0.1) is 6.92 Å². The lowest BCUT2D eigenvalue weighted by Crippen LogP contribution is -2.32. The van der Waals surface area contributed by atoms with Crippen LogP contribution in [0.15, 0.2) is 41.3 Å². The van der Waals surface area contributed by atoms with Gasteiger partial charge in [-0.2, -0.15) is 4.31 Å². The van der Waals surface area contributed by atoms with E-state index in [0.717, 1.165) is 19.1 Å². The lowest BCUT2D eigenvalue weighted by atomic mass is 10.2. The van der Waals surface area contributed by atoms with Gasteiger partial charge in [-0.25, -0.2) is 16.8 Å². The molecule has 0 bridgehead atoms. The van der Waals surface area contributed by atoms with Crippen LogP contribution in [0.5, 0.6) is 5.75 Å². The summed E-state index contributed by atoms with van der Waals surface area (Å²) in [7, 11) is -5.84. The molecule has 3 rings (SSSR count). The summed E-state index contributed by atoms with van der Waals surface area (Å²) in [5.41, 5.74) is 1.33. The minimum Gasteiger partial charge on any atom is -0.495 e. The number of hydrogen-bond donors (Lipinski definition) is 1. The van der Waals surface area contributed by atoms with Crippen molar-refractivity contribution in [3.63, 3.8) is 0 Å². The largest absolute Gasteiger partial charge is 0.495 e. The number of nitrogens with zero attached hydrogens (tertiary/aromatic N) is 2. The Morgan fingerprint density at radius 2 is 1.83 bits per heavy atom. The summed E-state index contributed by atoms with van der Waals surface area (Å²) in [6.45, 7) is 2.75. The molecule has 1 fully saturated rings. The van der Waals surface area contributed by atoms with Gasteiger partial charge in [0.2, 0.25) is 26.0 Å². The fraction of sp³-hybridized carbons (Fsp3) is 0.435.